The van der Waals surface area contributed by atoms with E-state index in [-0.39, 0.29) is 24.1 Å². The predicted octanol–water partition coefficient (Wildman–Crippen LogP) is 2.35. The lowest BCUT2D eigenvalue weighted by Gasteiger charge is -2.36. The predicted molar refractivity (Wildman–Crippen MR) is 106 cm³/mol. The van der Waals surface area contributed by atoms with E-state index < -0.39 is 6.04 Å². The number of carbonyl (C=O) groups excluding carboxylic acids is 2. The Kier molecular flexibility index (Phi) is 5.97. The fraction of sp³-hybridized carbons (Fsp3) is 0.211. The van der Waals surface area contributed by atoms with E-state index in [1.54, 1.807) is 4.90 Å². The molecule has 2 amide bonds. The Labute approximate surface area is 161 Å². The Morgan fingerprint density at radius 2 is 1.78 bits per heavy atom. The zero-order chi connectivity index (χ0) is 19.2. The van der Waals surface area contributed by atoms with Gasteiger partial charge in [-0.15, -0.1) is 0 Å². The van der Waals surface area contributed by atoms with Crippen molar-refractivity contribution in [1.82, 2.24) is 10.2 Å². The van der Waals surface area contributed by atoms with Crippen molar-refractivity contribution in [1.29, 1.82) is 0 Å². The molecule has 1 atom stereocenters. The van der Waals surface area contributed by atoms with Crippen LogP contribution in [-0.2, 0) is 9.59 Å². The first-order valence-corrected chi connectivity index (χ1v) is 8.89. The highest BCUT2D eigenvalue weighted by atomic mass is 32.1. The summed E-state index contributed by atoms with van der Waals surface area (Å²) < 4.78 is 13.0. The number of para-hydroxylation sites is 1. The lowest BCUT2D eigenvalue weighted by atomic mass is 10.1. The van der Waals surface area contributed by atoms with E-state index in [1.165, 1.54) is 24.3 Å². The molecule has 140 valence electrons. The van der Waals surface area contributed by atoms with Gasteiger partial charge in [0.15, 0.2) is 5.11 Å². The molecule has 1 saturated heterocycles. The van der Waals surface area contributed by atoms with Crippen LogP contribution in [0.5, 0.6) is 0 Å². The highest BCUT2D eigenvalue weighted by Gasteiger charge is 2.33. The van der Waals surface area contributed by atoms with Crippen molar-refractivity contribution < 1.29 is 14.0 Å². The average molecular weight is 386 g/mol. The Bertz CT molecular complexity index is 829. The van der Waals surface area contributed by atoms with Crippen LogP contribution in [0.3, 0.4) is 0 Å². The molecule has 2 aromatic rings. The molecule has 3 N–H and O–H groups in total. The first kappa shape index (κ1) is 18.8. The summed E-state index contributed by atoms with van der Waals surface area (Å²) in [5, 5.41) is 8.91. The number of rotatable bonds is 4. The minimum absolute atomic E-state index is 0.0696. The third-order valence-corrected chi connectivity index (χ3v) is 4.46. The lowest BCUT2D eigenvalue weighted by Crippen LogP contribution is -2.58. The molecule has 3 rings (SSSR count). The molecule has 1 aliphatic heterocycles. The molecule has 2 aromatic carbocycles. The summed E-state index contributed by atoms with van der Waals surface area (Å²) in [5.41, 5.74) is 1.28. The van der Waals surface area contributed by atoms with Crippen LogP contribution >= 0.6 is 12.2 Å². The maximum Gasteiger partial charge on any atom is 0.243 e. The molecule has 1 fully saturated rings. The normalized spacial score (nSPS) is 16.4. The number of nitrogens with one attached hydrogen (secondary N) is 3. The van der Waals surface area contributed by atoms with Gasteiger partial charge in [0.05, 0.1) is 6.42 Å². The SMILES string of the molecule is O=C(C[C@@H]1C(=O)NCCN1C(=S)Nc1ccccc1)Nc1ccc(F)cc1. The van der Waals surface area contributed by atoms with Crippen LogP contribution in [0.2, 0.25) is 0 Å². The highest BCUT2D eigenvalue weighted by Crippen LogP contribution is 2.15. The fourth-order valence-electron chi connectivity index (χ4n) is 2.80. The van der Waals surface area contributed by atoms with Gasteiger partial charge >= 0.3 is 0 Å². The number of hydrogen-bond acceptors (Lipinski definition) is 3. The Balaban J connectivity index is 1.66. The van der Waals surface area contributed by atoms with Gasteiger partial charge in [-0.3, -0.25) is 9.59 Å². The van der Waals surface area contributed by atoms with Gasteiger partial charge in [-0.1, -0.05) is 18.2 Å². The van der Waals surface area contributed by atoms with Crippen LogP contribution < -0.4 is 16.0 Å². The van der Waals surface area contributed by atoms with Crippen LogP contribution in [0.25, 0.3) is 0 Å². The molecule has 6 nitrogen and oxygen atoms in total. The summed E-state index contributed by atoms with van der Waals surface area (Å²) in [7, 11) is 0. The Morgan fingerprint density at radius 1 is 1.11 bits per heavy atom. The van der Waals surface area contributed by atoms with E-state index in [0.29, 0.717) is 23.9 Å². The van der Waals surface area contributed by atoms with E-state index in [9.17, 15) is 14.0 Å². The summed E-state index contributed by atoms with van der Waals surface area (Å²) >= 11 is 5.44. The third kappa shape index (κ3) is 5.01. The van der Waals surface area contributed by atoms with Gasteiger partial charge in [0, 0.05) is 24.5 Å². The van der Waals surface area contributed by atoms with Crippen LogP contribution in [0.4, 0.5) is 15.8 Å². The van der Waals surface area contributed by atoms with E-state index in [1.807, 2.05) is 30.3 Å². The molecule has 27 heavy (non-hydrogen) atoms. The number of nitrogens with zero attached hydrogens (tertiary/aromatic N) is 1. The largest absolute Gasteiger partial charge is 0.353 e. The molecular formula is C19H19FN4O2S. The maximum atomic E-state index is 13.0. The molecule has 8 heteroatoms. The third-order valence-electron chi connectivity index (χ3n) is 4.12. The van der Waals surface area contributed by atoms with Crippen molar-refractivity contribution in [3.8, 4) is 0 Å². The molecule has 0 aromatic heterocycles. The molecule has 0 radical (unpaired) electrons. The zero-order valence-corrected chi connectivity index (χ0v) is 15.3. The van der Waals surface area contributed by atoms with Crippen LogP contribution in [-0.4, -0.2) is 41.0 Å². The van der Waals surface area contributed by atoms with Crippen LogP contribution in [0.15, 0.2) is 54.6 Å². The van der Waals surface area contributed by atoms with Crippen molar-refractivity contribution in [2.75, 3.05) is 23.7 Å². The van der Waals surface area contributed by atoms with Crippen LogP contribution in [0, 0.1) is 5.82 Å². The second kappa shape index (κ2) is 8.59. The van der Waals surface area contributed by atoms with E-state index in [4.69, 9.17) is 12.2 Å². The second-order valence-corrected chi connectivity index (χ2v) is 6.44. The van der Waals surface area contributed by atoms with Crippen molar-refractivity contribution in [2.24, 2.45) is 0 Å². The van der Waals surface area contributed by atoms with Crippen molar-refractivity contribution in [2.45, 2.75) is 12.5 Å². The van der Waals surface area contributed by atoms with Crippen LogP contribution in [0.1, 0.15) is 6.42 Å². The summed E-state index contributed by atoms with van der Waals surface area (Å²) in [4.78, 5) is 26.4. The zero-order valence-electron chi connectivity index (χ0n) is 14.4. The molecule has 0 unspecified atom stereocenters. The number of anilines is 2. The number of piperazine rings is 1. The number of thiocarbonyl (C=S) groups is 1. The quantitative estimate of drug-likeness (QED) is 0.704. The molecule has 1 heterocycles. The van der Waals surface area contributed by atoms with Gasteiger partial charge < -0.3 is 20.9 Å². The summed E-state index contributed by atoms with van der Waals surface area (Å²) in [6.07, 6.45) is -0.0696. The van der Waals surface area contributed by atoms with E-state index in [0.717, 1.165) is 5.69 Å². The van der Waals surface area contributed by atoms with Crippen molar-refractivity contribution in [3.63, 3.8) is 0 Å². The van der Waals surface area contributed by atoms with Gasteiger partial charge in [0.2, 0.25) is 11.8 Å². The number of hydrogen-bond donors (Lipinski definition) is 3. The Morgan fingerprint density at radius 3 is 2.48 bits per heavy atom. The minimum Gasteiger partial charge on any atom is -0.353 e. The first-order valence-electron chi connectivity index (χ1n) is 8.49. The minimum atomic E-state index is -0.720. The van der Waals surface area contributed by atoms with Gasteiger partial charge in [-0.25, -0.2) is 4.39 Å². The smallest absolute Gasteiger partial charge is 0.243 e. The highest BCUT2D eigenvalue weighted by molar-refractivity contribution is 7.80. The van der Waals surface area contributed by atoms with Gasteiger partial charge in [-0.05, 0) is 48.6 Å². The van der Waals surface area contributed by atoms with E-state index in [2.05, 4.69) is 16.0 Å². The molecular weight excluding hydrogens is 367 g/mol. The number of halogens is 1. The lowest BCUT2D eigenvalue weighted by molar-refractivity contribution is -0.130. The van der Waals surface area contributed by atoms with Gasteiger partial charge in [-0.2, -0.15) is 0 Å². The number of benzene rings is 2. The second-order valence-electron chi connectivity index (χ2n) is 6.06. The topological polar surface area (TPSA) is 73.5 Å². The molecule has 0 aliphatic carbocycles. The summed E-state index contributed by atoms with van der Waals surface area (Å²) in [5.74, 6) is -0.993. The summed E-state index contributed by atoms with van der Waals surface area (Å²) in [6, 6.07) is 14.1. The first-order chi connectivity index (χ1) is 13.0. The summed E-state index contributed by atoms with van der Waals surface area (Å²) in [6.45, 7) is 0.949. The standard InChI is InChI=1S/C19H19FN4O2S/c20-13-6-8-15(9-7-13)22-17(25)12-16-18(26)21-10-11-24(16)19(27)23-14-4-2-1-3-5-14/h1-9,16H,10-12H2,(H,21,26)(H,22,25)(H,23,27)/t16-/m1/s1. The van der Waals surface area contributed by atoms with Crippen molar-refractivity contribution in [3.05, 3.63) is 60.4 Å². The fourth-order valence-corrected chi connectivity index (χ4v) is 3.13. The molecule has 0 bridgehead atoms. The van der Waals surface area contributed by atoms with E-state index >= 15 is 0 Å². The molecule has 0 saturated carbocycles. The molecule has 0 spiro atoms. The van der Waals surface area contributed by atoms with Crippen molar-refractivity contribution >= 4 is 40.5 Å². The average Bonchev–Trinajstić information content (AvgIpc) is 2.66. The Hall–Kier alpha value is -3.00. The number of amides is 2. The monoisotopic (exact) mass is 386 g/mol. The van der Waals surface area contributed by atoms with Gasteiger partial charge in [0.25, 0.3) is 0 Å². The molecule has 1 aliphatic rings. The van der Waals surface area contributed by atoms with Gasteiger partial charge in [0.1, 0.15) is 11.9 Å². The number of carbonyl (C=O) groups is 2. The maximum absolute atomic E-state index is 13.0.